The van der Waals surface area contributed by atoms with Crippen molar-refractivity contribution < 1.29 is 18.3 Å². The summed E-state index contributed by atoms with van der Waals surface area (Å²) in [5.74, 6) is -2.52. The first-order chi connectivity index (χ1) is 10.6. The van der Waals surface area contributed by atoms with E-state index in [1.165, 1.54) is 12.1 Å². The van der Waals surface area contributed by atoms with Gasteiger partial charge in [-0.2, -0.15) is 0 Å². The number of hydrogen-bond donors (Lipinski definition) is 0. The highest BCUT2D eigenvalue weighted by molar-refractivity contribution is 6.04. The standard InChI is InChI=1S/C17H13F2NO2/c1-20-9-13(12-6-2-3-8-15(12)20)17(21)22-10-11-5-4-7-14(18)16(11)19/h2-9H,10H2,1H3. The molecule has 5 heteroatoms. The van der Waals surface area contributed by atoms with Gasteiger partial charge < -0.3 is 9.30 Å². The number of rotatable bonds is 3. The zero-order chi connectivity index (χ0) is 15.7. The second kappa shape index (κ2) is 5.60. The van der Waals surface area contributed by atoms with E-state index < -0.39 is 17.6 Å². The van der Waals surface area contributed by atoms with Gasteiger partial charge in [0, 0.05) is 29.7 Å². The van der Waals surface area contributed by atoms with Crippen LogP contribution in [0.1, 0.15) is 15.9 Å². The fraction of sp³-hybridized carbons (Fsp3) is 0.118. The molecule has 0 fully saturated rings. The van der Waals surface area contributed by atoms with Crippen LogP contribution < -0.4 is 0 Å². The van der Waals surface area contributed by atoms with Crippen molar-refractivity contribution in [1.29, 1.82) is 0 Å². The van der Waals surface area contributed by atoms with Crippen LogP contribution in [0.5, 0.6) is 0 Å². The molecule has 0 aliphatic carbocycles. The van der Waals surface area contributed by atoms with E-state index in [1.807, 2.05) is 35.9 Å². The van der Waals surface area contributed by atoms with Crippen molar-refractivity contribution in [3.05, 3.63) is 71.4 Å². The first-order valence-corrected chi connectivity index (χ1v) is 6.72. The lowest BCUT2D eigenvalue weighted by Crippen LogP contribution is -2.06. The Bertz CT molecular complexity index is 855. The molecule has 3 nitrogen and oxygen atoms in total. The molecule has 22 heavy (non-hydrogen) atoms. The van der Waals surface area contributed by atoms with Crippen molar-refractivity contribution in [3.63, 3.8) is 0 Å². The molecule has 2 aromatic carbocycles. The van der Waals surface area contributed by atoms with Crippen molar-refractivity contribution >= 4 is 16.9 Å². The summed E-state index contributed by atoms with van der Waals surface area (Å²) in [4.78, 5) is 12.2. The van der Waals surface area contributed by atoms with Crippen molar-refractivity contribution in [2.24, 2.45) is 7.05 Å². The maximum Gasteiger partial charge on any atom is 0.340 e. The molecule has 0 spiro atoms. The molecule has 3 rings (SSSR count). The number of carbonyl (C=O) groups excluding carboxylic acids is 1. The molecule has 0 N–H and O–H groups in total. The van der Waals surface area contributed by atoms with Crippen molar-refractivity contribution in [2.75, 3.05) is 0 Å². The molecule has 1 aromatic heterocycles. The summed E-state index contributed by atoms with van der Waals surface area (Å²) in [5.41, 5.74) is 1.30. The molecule has 3 aromatic rings. The van der Waals surface area contributed by atoms with Crippen LogP contribution in [0.15, 0.2) is 48.7 Å². The summed E-state index contributed by atoms with van der Waals surface area (Å²) in [7, 11) is 1.82. The molecule has 0 unspecified atom stereocenters. The number of benzene rings is 2. The highest BCUT2D eigenvalue weighted by Gasteiger charge is 2.16. The van der Waals surface area contributed by atoms with E-state index in [4.69, 9.17) is 4.74 Å². The zero-order valence-electron chi connectivity index (χ0n) is 11.8. The predicted molar refractivity (Wildman–Crippen MR) is 78.4 cm³/mol. The third-order valence-electron chi connectivity index (χ3n) is 3.51. The van der Waals surface area contributed by atoms with Crippen LogP contribution in [-0.2, 0) is 18.4 Å². The van der Waals surface area contributed by atoms with Gasteiger partial charge in [-0.1, -0.05) is 30.3 Å². The summed E-state index contributed by atoms with van der Waals surface area (Å²) < 4.78 is 33.6. The van der Waals surface area contributed by atoms with E-state index in [2.05, 4.69) is 0 Å². The minimum absolute atomic E-state index is 0.00795. The number of aromatic nitrogens is 1. The number of fused-ring (bicyclic) bond motifs is 1. The van der Waals surface area contributed by atoms with E-state index >= 15 is 0 Å². The average Bonchev–Trinajstić information content (AvgIpc) is 2.86. The number of nitrogens with zero attached hydrogens (tertiary/aromatic N) is 1. The van der Waals surface area contributed by atoms with Gasteiger partial charge in [0.15, 0.2) is 11.6 Å². The van der Waals surface area contributed by atoms with Gasteiger partial charge in [-0.05, 0) is 12.1 Å². The van der Waals surface area contributed by atoms with Crippen LogP contribution in [0.25, 0.3) is 10.9 Å². The van der Waals surface area contributed by atoms with Crippen molar-refractivity contribution in [1.82, 2.24) is 4.57 Å². The Labute approximate surface area is 125 Å². The first kappa shape index (κ1) is 14.3. The van der Waals surface area contributed by atoms with Gasteiger partial charge >= 0.3 is 5.97 Å². The summed E-state index contributed by atoms with van der Waals surface area (Å²) >= 11 is 0. The Morgan fingerprint density at radius 2 is 1.91 bits per heavy atom. The number of esters is 1. The summed E-state index contributed by atoms with van der Waals surface area (Å²) in [6.45, 7) is -0.314. The van der Waals surface area contributed by atoms with E-state index in [1.54, 1.807) is 6.20 Å². The quantitative estimate of drug-likeness (QED) is 0.689. The van der Waals surface area contributed by atoms with Gasteiger partial charge in [0.05, 0.1) is 5.56 Å². The van der Waals surface area contributed by atoms with Gasteiger partial charge in [0.1, 0.15) is 6.61 Å². The Hall–Kier alpha value is -2.69. The van der Waals surface area contributed by atoms with Crippen LogP contribution >= 0.6 is 0 Å². The molecule has 112 valence electrons. The van der Waals surface area contributed by atoms with Gasteiger partial charge in [-0.15, -0.1) is 0 Å². The maximum absolute atomic E-state index is 13.5. The molecule has 0 amide bonds. The van der Waals surface area contributed by atoms with E-state index in [9.17, 15) is 13.6 Å². The molecular weight excluding hydrogens is 288 g/mol. The third-order valence-corrected chi connectivity index (χ3v) is 3.51. The van der Waals surface area contributed by atoms with E-state index in [0.29, 0.717) is 5.56 Å². The molecule has 0 aliphatic heterocycles. The van der Waals surface area contributed by atoms with Crippen LogP contribution in [0.2, 0.25) is 0 Å². The predicted octanol–water partition coefficient (Wildman–Crippen LogP) is 3.81. The highest BCUT2D eigenvalue weighted by atomic mass is 19.2. The Morgan fingerprint density at radius 3 is 2.73 bits per heavy atom. The number of ether oxygens (including phenoxy) is 1. The number of halogens is 2. The zero-order valence-corrected chi connectivity index (χ0v) is 11.8. The van der Waals surface area contributed by atoms with E-state index in [0.717, 1.165) is 17.0 Å². The van der Waals surface area contributed by atoms with Gasteiger partial charge in [0.2, 0.25) is 0 Å². The first-order valence-electron chi connectivity index (χ1n) is 6.72. The number of carbonyl (C=O) groups is 1. The Kier molecular flexibility index (Phi) is 3.63. The fourth-order valence-corrected chi connectivity index (χ4v) is 2.39. The van der Waals surface area contributed by atoms with Crippen molar-refractivity contribution in [3.8, 4) is 0 Å². The van der Waals surface area contributed by atoms with Crippen LogP contribution in [0.3, 0.4) is 0 Å². The van der Waals surface area contributed by atoms with Gasteiger partial charge in [-0.3, -0.25) is 0 Å². The minimum Gasteiger partial charge on any atom is -0.457 e. The maximum atomic E-state index is 13.5. The molecule has 0 saturated carbocycles. The smallest absolute Gasteiger partial charge is 0.340 e. The van der Waals surface area contributed by atoms with Crippen LogP contribution in [0.4, 0.5) is 8.78 Å². The molecule has 0 bridgehead atoms. The lowest BCUT2D eigenvalue weighted by atomic mass is 10.2. The Morgan fingerprint density at radius 1 is 1.14 bits per heavy atom. The monoisotopic (exact) mass is 301 g/mol. The fourth-order valence-electron chi connectivity index (χ4n) is 2.39. The minimum atomic E-state index is -0.992. The second-order valence-electron chi connectivity index (χ2n) is 4.96. The lowest BCUT2D eigenvalue weighted by molar-refractivity contribution is 0.0470. The number of para-hydroxylation sites is 1. The third kappa shape index (κ3) is 2.45. The topological polar surface area (TPSA) is 31.2 Å². The summed E-state index contributed by atoms with van der Waals surface area (Å²) in [5, 5.41) is 0.759. The van der Waals surface area contributed by atoms with Crippen LogP contribution in [0, 0.1) is 11.6 Å². The summed E-state index contributed by atoms with van der Waals surface area (Å²) in [6, 6.07) is 11.2. The molecular formula is C17H13F2NO2. The molecule has 1 heterocycles. The van der Waals surface area contributed by atoms with Crippen molar-refractivity contribution in [2.45, 2.75) is 6.61 Å². The molecule has 0 aliphatic rings. The number of hydrogen-bond acceptors (Lipinski definition) is 2. The molecule has 0 saturated heterocycles. The SMILES string of the molecule is Cn1cc(C(=O)OCc2cccc(F)c2F)c2ccccc21. The lowest BCUT2D eigenvalue weighted by Gasteiger charge is -2.05. The normalized spacial score (nSPS) is 10.9. The van der Waals surface area contributed by atoms with E-state index in [-0.39, 0.29) is 12.2 Å². The van der Waals surface area contributed by atoms with Gasteiger partial charge in [0.25, 0.3) is 0 Å². The largest absolute Gasteiger partial charge is 0.457 e. The highest BCUT2D eigenvalue weighted by Crippen LogP contribution is 2.21. The number of aryl methyl sites for hydroxylation is 1. The second-order valence-corrected chi connectivity index (χ2v) is 4.96. The molecule has 0 radical (unpaired) electrons. The van der Waals surface area contributed by atoms with Crippen LogP contribution in [-0.4, -0.2) is 10.5 Å². The molecule has 0 atom stereocenters. The summed E-state index contributed by atoms with van der Waals surface area (Å²) in [6.07, 6.45) is 1.66. The Balaban J connectivity index is 1.84. The van der Waals surface area contributed by atoms with Gasteiger partial charge in [-0.25, -0.2) is 13.6 Å². The average molecular weight is 301 g/mol.